The van der Waals surface area contributed by atoms with E-state index in [0.717, 1.165) is 77.3 Å². The Balaban J connectivity index is 4.95. The highest BCUT2D eigenvalue weighted by atomic mass is 16.5. The van der Waals surface area contributed by atoms with Crippen molar-refractivity contribution in [1.82, 2.24) is 9.80 Å². The van der Waals surface area contributed by atoms with Crippen molar-refractivity contribution in [2.45, 2.75) is 246 Å². The minimum Gasteiger partial charge on any atom is -0.466 e. The minimum atomic E-state index is -0.00610. The van der Waals surface area contributed by atoms with Crippen LogP contribution in [-0.4, -0.2) is 61.5 Å². The summed E-state index contributed by atoms with van der Waals surface area (Å²) >= 11 is 0. The molecule has 0 aromatic carbocycles. The van der Waals surface area contributed by atoms with Crippen LogP contribution in [0.4, 0.5) is 0 Å². The molecule has 0 aromatic rings. The Kier molecular flexibility index (Phi) is 37.8. The van der Waals surface area contributed by atoms with E-state index in [1.54, 1.807) is 0 Å². The molecule has 1 atom stereocenters. The van der Waals surface area contributed by atoms with Crippen molar-refractivity contribution < 1.29 is 14.3 Å². The first-order valence-corrected chi connectivity index (χ1v) is 23.0. The van der Waals surface area contributed by atoms with Gasteiger partial charge in [-0.1, -0.05) is 182 Å². The molecule has 5 nitrogen and oxygen atoms in total. The van der Waals surface area contributed by atoms with Crippen LogP contribution in [0.15, 0.2) is 0 Å². The van der Waals surface area contributed by atoms with Crippen LogP contribution in [0.3, 0.4) is 0 Å². The molecule has 1 amide bonds. The van der Waals surface area contributed by atoms with Gasteiger partial charge in [0.2, 0.25) is 5.91 Å². The predicted molar refractivity (Wildman–Crippen MR) is 224 cm³/mol. The molecule has 0 saturated carbocycles. The number of esters is 1. The molecule has 0 aliphatic rings. The SMILES string of the molecule is CCCCCCCCCCC(CCCCCCC(=O)OCCC(CCCCC)CCCCC)N(CCCCCCCC)C(=O)CCCCN(C)C. The second-order valence-electron chi connectivity index (χ2n) is 16.4. The zero-order valence-electron chi connectivity index (χ0n) is 35.7. The van der Waals surface area contributed by atoms with E-state index in [2.05, 4.69) is 51.6 Å². The molecule has 5 heteroatoms. The summed E-state index contributed by atoms with van der Waals surface area (Å²) in [5, 5.41) is 0. The van der Waals surface area contributed by atoms with Crippen molar-refractivity contribution in [2.24, 2.45) is 5.92 Å². The zero-order valence-corrected chi connectivity index (χ0v) is 35.7. The van der Waals surface area contributed by atoms with Gasteiger partial charge in [0.25, 0.3) is 0 Å². The van der Waals surface area contributed by atoms with Crippen LogP contribution in [0.2, 0.25) is 0 Å². The highest BCUT2D eigenvalue weighted by molar-refractivity contribution is 5.76. The van der Waals surface area contributed by atoms with Crippen LogP contribution in [0.5, 0.6) is 0 Å². The maximum absolute atomic E-state index is 13.8. The van der Waals surface area contributed by atoms with Gasteiger partial charge in [0.15, 0.2) is 0 Å². The van der Waals surface area contributed by atoms with Gasteiger partial charge in [0.05, 0.1) is 6.61 Å². The summed E-state index contributed by atoms with van der Waals surface area (Å²) in [5.74, 6) is 1.10. The molecule has 51 heavy (non-hydrogen) atoms. The third kappa shape index (κ3) is 33.2. The van der Waals surface area contributed by atoms with Gasteiger partial charge < -0.3 is 14.5 Å². The lowest BCUT2D eigenvalue weighted by Gasteiger charge is -2.33. The van der Waals surface area contributed by atoms with Crippen molar-refractivity contribution in [1.29, 1.82) is 0 Å². The number of hydrogen-bond donors (Lipinski definition) is 0. The maximum Gasteiger partial charge on any atom is 0.305 e. The molecule has 0 rings (SSSR count). The fraction of sp³-hybridized carbons (Fsp3) is 0.957. The Bertz CT molecular complexity index is 732. The van der Waals surface area contributed by atoms with E-state index in [4.69, 9.17) is 4.74 Å². The maximum atomic E-state index is 13.8. The predicted octanol–water partition coefficient (Wildman–Crippen LogP) is 13.9. The van der Waals surface area contributed by atoms with E-state index in [1.165, 1.54) is 135 Å². The van der Waals surface area contributed by atoms with E-state index < -0.39 is 0 Å². The molecule has 304 valence electrons. The summed E-state index contributed by atoms with van der Waals surface area (Å²) in [5.41, 5.74) is 0. The van der Waals surface area contributed by atoms with Gasteiger partial charge in [-0.3, -0.25) is 9.59 Å². The Morgan fingerprint density at radius 1 is 0.451 bits per heavy atom. The summed E-state index contributed by atoms with van der Waals surface area (Å²) in [4.78, 5) is 30.9. The van der Waals surface area contributed by atoms with Crippen LogP contribution < -0.4 is 0 Å². The smallest absolute Gasteiger partial charge is 0.305 e. The number of nitrogens with zero attached hydrogens (tertiary/aromatic N) is 2. The van der Waals surface area contributed by atoms with E-state index in [9.17, 15) is 9.59 Å². The number of amides is 1. The van der Waals surface area contributed by atoms with Gasteiger partial charge in [0.1, 0.15) is 0 Å². The number of unbranched alkanes of at least 4 members (excludes halogenated alkanes) is 20. The normalized spacial score (nSPS) is 12.2. The van der Waals surface area contributed by atoms with Crippen molar-refractivity contribution in [3.8, 4) is 0 Å². The molecule has 0 aromatic heterocycles. The first kappa shape index (κ1) is 49.9. The van der Waals surface area contributed by atoms with Gasteiger partial charge in [-0.05, 0) is 71.5 Å². The third-order valence-electron chi connectivity index (χ3n) is 11.0. The van der Waals surface area contributed by atoms with Crippen LogP contribution in [-0.2, 0) is 14.3 Å². The topological polar surface area (TPSA) is 49.9 Å². The zero-order chi connectivity index (χ0) is 37.6. The lowest BCUT2D eigenvalue weighted by molar-refractivity contribution is -0.144. The largest absolute Gasteiger partial charge is 0.466 e. The van der Waals surface area contributed by atoms with Gasteiger partial charge in [-0.15, -0.1) is 0 Å². The second-order valence-corrected chi connectivity index (χ2v) is 16.4. The van der Waals surface area contributed by atoms with E-state index >= 15 is 0 Å². The van der Waals surface area contributed by atoms with Crippen molar-refractivity contribution in [3.63, 3.8) is 0 Å². The summed E-state index contributed by atoms with van der Waals surface area (Å²) in [7, 11) is 4.24. The Hall–Kier alpha value is -1.10. The number of hydrogen-bond acceptors (Lipinski definition) is 4. The molecule has 0 bridgehead atoms. The lowest BCUT2D eigenvalue weighted by Crippen LogP contribution is -2.41. The first-order valence-electron chi connectivity index (χ1n) is 23.0. The molecule has 0 fully saturated rings. The first-order chi connectivity index (χ1) is 24.9. The monoisotopic (exact) mass is 721 g/mol. The Labute approximate surface area is 320 Å². The second kappa shape index (κ2) is 38.6. The average molecular weight is 721 g/mol. The molecule has 0 spiro atoms. The average Bonchev–Trinajstić information content (AvgIpc) is 3.11. The van der Waals surface area contributed by atoms with Crippen LogP contribution in [0.1, 0.15) is 240 Å². The van der Waals surface area contributed by atoms with Crippen LogP contribution in [0.25, 0.3) is 0 Å². The highest BCUT2D eigenvalue weighted by Crippen LogP contribution is 2.23. The van der Waals surface area contributed by atoms with Gasteiger partial charge in [0, 0.05) is 25.4 Å². The van der Waals surface area contributed by atoms with Gasteiger partial charge in [-0.2, -0.15) is 0 Å². The molecule has 1 unspecified atom stereocenters. The van der Waals surface area contributed by atoms with E-state index in [0.29, 0.717) is 37.3 Å². The van der Waals surface area contributed by atoms with Gasteiger partial charge in [-0.25, -0.2) is 0 Å². The van der Waals surface area contributed by atoms with Gasteiger partial charge >= 0.3 is 5.97 Å². The molecule has 0 saturated heterocycles. The number of rotatable bonds is 40. The summed E-state index contributed by atoms with van der Waals surface area (Å²) in [6, 6.07) is 0.370. The summed E-state index contributed by atoms with van der Waals surface area (Å²) in [6.45, 7) is 11.7. The standard InChI is InChI=1S/C46H92N2O3/c1-7-11-15-17-19-20-21-27-35-44(48(41-31-24-18-16-12-8-2)45(49)37-30-32-40-47(5)6)36-28-22-23-29-38-46(50)51-42-39-43(33-25-13-9-3)34-26-14-10-4/h43-44H,7-42H2,1-6H3. The van der Waals surface area contributed by atoms with Crippen molar-refractivity contribution in [3.05, 3.63) is 0 Å². The Morgan fingerprint density at radius 2 is 0.863 bits per heavy atom. The molecular formula is C46H92N2O3. The minimum absolute atomic E-state index is 0.00610. The van der Waals surface area contributed by atoms with E-state index in [1.807, 2.05) is 0 Å². The number of ether oxygens (including phenoxy) is 1. The molecule has 0 aliphatic heterocycles. The van der Waals surface area contributed by atoms with E-state index in [-0.39, 0.29) is 5.97 Å². The fourth-order valence-corrected chi connectivity index (χ4v) is 7.60. The van der Waals surface area contributed by atoms with Crippen molar-refractivity contribution >= 4 is 11.9 Å². The lowest BCUT2D eigenvalue weighted by atomic mass is 9.92. The van der Waals surface area contributed by atoms with Crippen LogP contribution >= 0.6 is 0 Å². The molecule has 0 aliphatic carbocycles. The molecule has 0 N–H and O–H groups in total. The number of carbonyl (C=O) groups is 2. The highest BCUT2D eigenvalue weighted by Gasteiger charge is 2.23. The van der Waals surface area contributed by atoms with Crippen LogP contribution in [0, 0.1) is 5.92 Å². The molecule has 0 heterocycles. The number of carbonyl (C=O) groups excluding carboxylic acids is 2. The molecule has 0 radical (unpaired) electrons. The fourth-order valence-electron chi connectivity index (χ4n) is 7.60. The summed E-state index contributed by atoms with van der Waals surface area (Å²) in [6.07, 6.45) is 39.5. The third-order valence-corrected chi connectivity index (χ3v) is 11.0. The van der Waals surface area contributed by atoms with Crippen molar-refractivity contribution in [2.75, 3.05) is 33.8 Å². The quantitative estimate of drug-likeness (QED) is 0.0467. The summed E-state index contributed by atoms with van der Waals surface area (Å²) < 4.78 is 5.71. The Morgan fingerprint density at radius 3 is 1.39 bits per heavy atom. The molecular weight excluding hydrogens is 629 g/mol.